The third-order valence-corrected chi connectivity index (χ3v) is 5.51. The number of carbonyl (C=O) groups is 2. The number of hydrogen-bond acceptors (Lipinski definition) is 9. The summed E-state index contributed by atoms with van der Waals surface area (Å²) in [5.74, 6) is 0.200. The zero-order valence-electron chi connectivity index (χ0n) is 18.5. The summed E-state index contributed by atoms with van der Waals surface area (Å²) in [6.07, 6.45) is 0. The Morgan fingerprint density at radius 3 is 2.15 bits per heavy atom. The van der Waals surface area contributed by atoms with Gasteiger partial charge in [-0.1, -0.05) is 12.1 Å². The monoisotopic (exact) mass is 452 g/mol. The Morgan fingerprint density at radius 2 is 1.58 bits per heavy atom. The number of rotatable bonds is 7. The van der Waals surface area contributed by atoms with Gasteiger partial charge in [-0.05, 0) is 41.3 Å². The Bertz CT molecular complexity index is 1230. The van der Waals surface area contributed by atoms with Crippen LogP contribution in [0.2, 0.25) is 0 Å². The van der Waals surface area contributed by atoms with Crippen LogP contribution in [-0.4, -0.2) is 55.4 Å². The van der Waals surface area contributed by atoms with Crippen molar-refractivity contribution in [2.24, 2.45) is 0 Å². The van der Waals surface area contributed by atoms with Gasteiger partial charge in [-0.2, -0.15) is 0 Å². The molecular weight excluding hydrogens is 430 g/mol. The first kappa shape index (κ1) is 22.3. The van der Waals surface area contributed by atoms with Crippen LogP contribution >= 0.6 is 0 Å². The number of methoxy groups -OCH3 is 3. The second kappa shape index (κ2) is 8.58. The summed E-state index contributed by atoms with van der Waals surface area (Å²) in [6.45, 7) is 0.160. The van der Waals surface area contributed by atoms with Crippen LogP contribution in [0.5, 0.6) is 17.2 Å². The van der Waals surface area contributed by atoms with Crippen LogP contribution in [0.1, 0.15) is 26.3 Å². The highest BCUT2D eigenvalue weighted by molar-refractivity contribution is 6.25. The van der Waals surface area contributed by atoms with Crippen LogP contribution in [0.15, 0.2) is 42.5 Å². The minimum atomic E-state index is -0.609. The van der Waals surface area contributed by atoms with Gasteiger partial charge in [0.1, 0.15) is 0 Å². The van der Waals surface area contributed by atoms with Gasteiger partial charge in [-0.3, -0.25) is 14.8 Å². The molecule has 0 spiro atoms. The van der Waals surface area contributed by atoms with Crippen molar-refractivity contribution in [3.05, 3.63) is 64.4 Å². The fraction of sp³-hybridized carbons (Fsp3) is 0.217. The van der Waals surface area contributed by atoms with Gasteiger partial charge >= 0.3 is 0 Å². The number of nitrogens with zero attached hydrogens (tertiary/aromatic N) is 3. The van der Waals surface area contributed by atoms with Crippen molar-refractivity contribution in [1.29, 1.82) is 0 Å². The van der Waals surface area contributed by atoms with Gasteiger partial charge in [0.05, 0.1) is 38.1 Å². The third-order valence-electron chi connectivity index (χ3n) is 5.51. The zero-order chi connectivity index (χ0) is 23.9. The van der Waals surface area contributed by atoms with Gasteiger partial charge in [0.25, 0.3) is 11.8 Å². The molecule has 1 aliphatic rings. The Morgan fingerprint density at radius 1 is 0.939 bits per heavy atom. The van der Waals surface area contributed by atoms with E-state index in [0.29, 0.717) is 39.1 Å². The van der Waals surface area contributed by atoms with E-state index in [1.807, 2.05) is 0 Å². The highest BCUT2D eigenvalue weighted by Gasteiger charge is 2.36. The zero-order valence-corrected chi connectivity index (χ0v) is 18.5. The maximum atomic E-state index is 13.4. The molecule has 0 saturated carbocycles. The summed E-state index contributed by atoms with van der Waals surface area (Å²) in [7, 11) is 6.09. The van der Waals surface area contributed by atoms with Crippen LogP contribution in [0.4, 0.5) is 5.69 Å². The average molecular weight is 452 g/mol. The fourth-order valence-corrected chi connectivity index (χ4v) is 4.06. The number of imide groups is 1. The molecule has 10 heteroatoms. The first-order chi connectivity index (χ1) is 15.8. The maximum Gasteiger partial charge on any atom is 0.276 e. The Hall–Kier alpha value is -3.86. The van der Waals surface area contributed by atoms with Crippen molar-refractivity contribution in [3.8, 4) is 17.2 Å². The first-order valence-corrected chi connectivity index (χ1v) is 9.92. The molecule has 0 aliphatic carbocycles. The van der Waals surface area contributed by atoms with Crippen molar-refractivity contribution >= 4 is 28.3 Å². The van der Waals surface area contributed by atoms with E-state index < -0.39 is 11.8 Å². The lowest BCUT2D eigenvalue weighted by Gasteiger charge is -2.34. The topological polar surface area (TPSA) is 115 Å². The van der Waals surface area contributed by atoms with Gasteiger partial charge < -0.3 is 24.6 Å². The molecular formula is C23H22N3O7-. The van der Waals surface area contributed by atoms with E-state index in [2.05, 4.69) is 0 Å². The summed E-state index contributed by atoms with van der Waals surface area (Å²) < 4.78 is 16.1. The molecule has 1 N–H and O–H groups in total. The molecule has 1 aliphatic heterocycles. The van der Waals surface area contributed by atoms with E-state index in [-0.39, 0.29) is 23.0 Å². The highest BCUT2D eigenvalue weighted by Crippen LogP contribution is 2.39. The second-order valence-corrected chi connectivity index (χ2v) is 7.44. The maximum absolute atomic E-state index is 13.4. The Kier molecular flexibility index (Phi) is 5.81. The molecule has 0 aromatic heterocycles. The molecule has 33 heavy (non-hydrogen) atoms. The third kappa shape index (κ3) is 3.69. The molecule has 3 aromatic rings. The van der Waals surface area contributed by atoms with Crippen LogP contribution in [0.3, 0.4) is 0 Å². The molecule has 0 bridgehead atoms. The number of anilines is 1. The number of hydrogen-bond donors (Lipinski definition) is 1. The van der Waals surface area contributed by atoms with E-state index >= 15 is 0 Å². The molecule has 0 radical (unpaired) electrons. The summed E-state index contributed by atoms with van der Waals surface area (Å²) in [5.41, 5.74) is 1.06. The lowest BCUT2D eigenvalue weighted by atomic mass is 9.94. The lowest BCUT2D eigenvalue weighted by molar-refractivity contribution is 0.00515. The van der Waals surface area contributed by atoms with Gasteiger partial charge in [0.15, 0.2) is 11.5 Å². The van der Waals surface area contributed by atoms with E-state index in [0.717, 1.165) is 5.01 Å². The Balaban J connectivity index is 1.74. The standard InChI is InChI=1S/C23H22N3O7/c1-24(12-13-8-18(31-2)21(33-4)19(9-13)32-3)25-22(27)16-7-5-6-14-10-15(26(29)30)11-17(20(14)16)23(25)28/h5-11,29H,12H2,1-4H3/q-1. The smallest absolute Gasteiger partial charge is 0.276 e. The predicted octanol–water partition coefficient (Wildman–Crippen LogP) is 3.20. The van der Waals surface area contributed by atoms with Crippen molar-refractivity contribution in [2.45, 2.75) is 6.54 Å². The molecule has 0 atom stereocenters. The second-order valence-electron chi connectivity index (χ2n) is 7.44. The van der Waals surface area contributed by atoms with Crippen molar-refractivity contribution in [2.75, 3.05) is 33.6 Å². The van der Waals surface area contributed by atoms with Crippen LogP contribution in [0.25, 0.3) is 10.8 Å². The van der Waals surface area contributed by atoms with Crippen molar-refractivity contribution in [1.82, 2.24) is 10.0 Å². The minimum absolute atomic E-state index is 0.107. The number of ether oxygens (including phenoxy) is 3. The molecule has 2 amide bonds. The number of benzene rings is 3. The molecule has 1 heterocycles. The van der Waals surface area contributed by atoms with Gasteiger partial charge in [-0.15, -0.1) is 0 Å². The minimum Gasteiger partial charge on any atom is -0.733 e. The molecule has 0 saturated heterocycles. The number of carbonyl (C=O) groups excluding carboxylic acids is 2. The number of hydrazine groups is 1. The largest absolute Gasteiger partial charge is 0.733 e. The van der Waals surface area contributed by atoms with Crippen LogP contribution in [0, 0.1) is 5.21 Å². The van der Waals surface area contributed by atoms with Gasteiger partial charge in [0.2, 0.25) is 5.75 Å². The molecule has 172 valence electrons. The number of amides is 2. The van der Waals surface area contributed by atoms with E-state index in [4.69, 9.17) is 14.2 Å². The van der Waals surface area contributed by atoms with Gasteiger partial charge in [-0.25, -0.2) is 10.0 Å². The highest BCUT2D eigenvalue weighted by atomic mass is 16.8. The Labute approximate surface area is 189 Å². The normalized spacial score (nSPS) is 13.0. The lowest BCUT2D eigenvalue weighted by Crippen LogP contribution is -2.49. The first-order valence-electron chi connectivity index (χ1n) is 9.92. The van der Waals surface area contributed by atoms with Crippen molar-refractivity contribution < 1.29 is 29.0 Å². The summed E-state index contributed by atoms with van der Waals surface area (Å²) in [5, 5.41) is 24.0. The SMILES string of the molecule is COc1cc(CN(C)N2C(=O)c3cccc4cc(N([O-])O)cc(c34)C2=O)cc(OC)c1OC. The summed E-state index contributed by atoms with van der Waals surface area (Å²) in [4.78, 5) is 26.6. The quantitative estimate of drug-likeness (QED) is 0.426. The molecule has 3 aromatic carbocycles. The van der Waals surface area contributed by atoms with Crippen molar-refractivity contribution in [3.63, 3.8) is 0 Å². The van der Waals surface area contributed by atoms with Crippen LogP contribution in [-0.2, 0) is 6.54 Å². The summed E-state index contributed by atoms with van der Waals surface area (Å²) in [6, 6.07) is 11.1. The van der Waals surface area contributed by atoms with E-state index in [1.54, 1.807) is 37.4 Å². The average Bonchev–Trinajstić information content (AvgIpc) is 2.81. The van der Waals surface area contributed by atoms with Gasteiger partial charge in [0, 0.05) is 19.0 Å². The van der Waals surface area contributed by atoms with E-state index in [9.17, 15) is 20.0 Å². The fourth-order valence-electron chi connectivity index (χ4n) is 4.06. The molecule has 0 unspecified atom stereocenters. The van der Waals surface area contributed by atoms with E-state index in [1.165, 1.54) is 38.5 Å². The predicted molar refractivity (Wildman–Crippen MR) is 120 cm³/mol. The molecule has 10 nitrogen and oxygen atoms in total. The molecule has 4 rings (SSSR count). The summed E-state index contributed by atoms with van der Waals surface area (Å²) >= 11 is 0. The molecule has 0 fully saturated rings. The van der Waals surface area contributed by atoms with Crippen LogP contribution < -0.4 is 19.4 Å².